The standard InChI is InChI=1S/C10H18ClN3O2S/c1-10(2,3)8-12-13-9(11)14(8)6-5-7-17(4,15)16/h5-7H2,1-4H3. The summed E-state index contributed by atoms with van der Waals surface area (Å²) in [6.45, 7) is 6.56. The molecule has 0 saturated heterocycles. The van der Waals surface area contributed by atoms with Crippen LogP contribution in [0.3, 0.4) is 0 Å². The van der Waals surface area contributed by atoms with Crippen molar-refractivity contribution in [2.24, 2.45) is 0 Å². The van der Waals surface area contributed by atoms with Gasteiger partial charge in [0, 0.05) is 18.2 Å². The molecule has 1 heterocycles. The van der Waals surface area contributed by atoms with Gasteiger partial charge >= 0.3 is 0 Å². The molecule has 0 aromatic carbocycles. The van der Waals surface area contributed by atoms with Gasteiger partial charge in [0.2, 0.25) is 5.28 Å². The Hall–Kier alpha value is -0.620. The van der Waals surface area contributed by atoms with E-state index in [1.165, 1.54) is 6.26 Å². The molecule has 0 N–H and O–H groups in total. The first-order chi connectivity index (χ1) is 7.61. The highest BCUT2D eigenvalue weighted by Crippen LogP contribution is 2.23. The Morgan fingerprint density at radius 2 is 1.88 bits per heavy atom. The minimum absolute atomic E-state index is 0.144. The van der Waals surface area contributed by atoms with E-state index in [1.807, 2.05) is 20.8 Å². The summed E-state index contributed by atoms with van der Waals surface area (Å²) in [5, 5.41) is 8.17. The SMILES string of the molecule is CC(C)(C)c1nnc(Cl)n1CCCS(C)(=O)=O. The van der Waals surface area contributed by atoms with E-state index in [-0.39, 0.29) is 11.2 Å². The summed E-state index contributed by atoms with van der Waals surface area (Å²) in [6, 6.07) is 0. The molecule has 0 spiro atoms. The van der Waals surface area contributed by atoms with Gasteiger partial charge in [0.15, 0.2) is 0 Å². The molecule has 0 amide bonds. The highest BCUT2D eigenvalue weighted by atomic mass is 35.5. The monoisotopic (exact) mass is 279 g/mol. The Kier molecular flexibility index (Phi) is 4.19. The van der Waals surface area contributed by atoms with Crippen molar-refractivity contribution in [2.75, 3.05) is 12.0 Å². The van der Waals surface area contributed by atoms with E-state index < -0.39 is 9.84 Å². The fourth-order valence-corrected chi connectivity index (χ4v) is 2.38. The van der Waals surface area contributed by atoms with Crippen molar-refractivity contribution in [2.45, 2.75) is 39.2 Å². The molecule has 0 atom stereocenters. The molecule has 0 radical (unpaired) electrons. The molecule has 1 aromatic rings. The predicted molar refractivity (Wildman–Crippen MR) is 68.1 cm³/mol. The Morgan fingerprint density at radius 3 is 2.35 bits per heavy atom. The molecule has 0 aliphatic heterocycles. The molecule has 0 saturated carbocycles. The first-order valence-corrected chi connectivity index (χ1v) is 7.82. The van der Waals surface area contributed by atoms with Crippen molar-refractivity contribution in [3.05, 3.63) is 11.1 Å². The van der Waals surface area contributed by atoms with Gasteiger partial charge in [-0.25, -0.2) is 8.42 Å². The summed E-state index contributed by atoms with van der Waals surface area (Å²) in [5.41, 5.74) is -0.161. The van der Waals surface area contributed by atoms with Crippen molar-refractivity contribution in [1.29, 1.82) is 0 Å². The zero-order chi connectivity index (χ0) is 13.3. The van der Waals surface area contributed by atoms with Gasteiger partial charge in [-0.05, 0) is 18.0 Å². The maximum Gasteiger partial charge on any atom is 0.225 e. The molecule has 17 heavy (non-hydrogen) atoms. The van der Waals surface area contributed by atoms with Crippen LogP contribution in [0.1, 0.15) is 33.0 Å². The summed E-state index contributed by atoms with van der Waals surface area (Å²) in [5.74, 6) is 0.918. The maximum absolute atomic E-state index is 11.1. The summed E-state index contributed by atoms with van der Waals surface area (Å²) < 4.78 is 23.9. The highest BCUT2D eigenvalue weighted by Gasteiger charge is 2.23. The minimum atomic E-state index is -2.94. The van der Waals surface area contributed by atoms with E-state index in [2.05, 4.69) is 10.2 Å². The van der Waals surface area contributed by atoms with E-state index in [4.69, 9.17) is 11.6 Å². The van der Waals surface area contributed by atoms with Crippen LogP contribution >= 0.6 is 11.6 Å². The lowest BCUT2D eigenvalue weighted by atomic mass is 9.96. The largest absolute Gasteiger partial charge is 0.301 e. The van der Waals surface area contributed by atoms with Crippen LogP contribution in [-0.4, -0.2) is 35.2 Å². The molecule has 7 heteroatoms. The van der Waals surface area contributed by atoms with E-state index in [0.717, 1.165) is 5.82 Å². The average Bonchev–Trinajstić information content (AvgIpc) is 2.45. The molecule has 0 bridgehead atoms. The number of nitrogens with zero attached hydrogens (tertiary/aromatic N) is 3. The summed E-state index contributed by atoms with van der Waals surface area (Å²) in [7, 11) is -2.94. The van der Waals surface area contributed by atoms with Crippen LogP contribution in [0.5, 0.6) is 0 Å². The molecule has 1 rings (SSSR count). The number of aromatic nitrogens is 3. The van der Waals surface area contributed by atoms with Gasteiger partial charge in [-0.2, -0.15) is 0 Å². The Balaban J connectivity index is 2.81. The highest BCUT2D eigenvalue weighted by molar-refractivity contribution is 7.90. The van der Waals surface area contributed by atoms with E-state index in [9.17, 15) is 8.42 Å². The van der Waals surface area contributed by atoms with Crippen LogP contribution in [0.15, 0.2) is 0 Å². The van der Waals surface area contributed by atoms with E-state index in [1.54, 1.807) is 4.57 Å². The van der Waals surface area contributed by atoms with Crippen molar-refractivity contribution in [3.63, 3.8) is 0 Å². The van der Waals surface area contributed by atoms with Crippen LogP contribution in [-0.2, 0) is 21.8 Å². The average molecular weight is 280 g/mol. The quantitative estimate of drug-likeness (QED) is 0.841. The summed E-state index contributed by atoms with van der Waals surface area (Å²) >= 11 is 5.94. The number of hydrogen-bond donors (Lipinski definition) is 0. The summed E-state index contributed by atoms with van der Waals surface area (Å²) in [4.78, 5) is 0. The van der Waals surface area contributed by atoms with Gasteiger partial charge in [-0.15, -0.1) is 10.2 Å². The van der Waals surface area contributed by atoms with Crippen LogP contribution in [0.4, 0.5) is 0 Å². The van der Waals surface area contributed by atoms with Crippen molar-refractivity contribution >= 4 is 21.4 Å². The van der Waals surface area contributed by atoms with E-state index in [0.29, 0.717) is 18.2 Å². The predicted octanol–water partition coefficient (Wildman–Crippen LogP) is 1.66. The lowest BCUT2D eigenvalue weighted by Gasteiger charge is -2.18. The van der Waals surface area contributed by atoms with Crippen molar-refractivity contribution < 1.29 is 8.42 Å². The van der Waals surface area contributed by atoms with Gasteiger partial charge in [-0.3, -0.25) is 0 Å². The maximum atomic E-state index is 11.1. The molecular formula is C10H18ClN3O2S. The molecule has 0 unspecified atom stereocenters. The van der Waals surface area contributed by atoms with Gasteiger partial charge < -0.3 is 4.57 Å². The number of hydrogen-bond acceptors (Lipinski definition) is 4. The molecule has 5 nitrogen and oxygen atoms in total. The second kappa shape index (κ2) is 4.94. The second-order valence-electron chi connectivity index (χ2n) is 5.18. The first-order valence-electron chi connectivity index (χ1n) is 5.38. The number of halogens is 1. The molecule has 1 aromatic heterocycles. The Bertz CT molecular complexity index is 488. The smallest absolute Gasteiger partial charge is 0.225 e. The molecule has 0 aliphatic rings. The second-order valence-corrected chi connectivity index (χ2v) is 7.78. The third-order valence-corrected chi connectivity index (χ3v) is 3.58. The first kappa shape index (κ1) is 14.4. The third-order valence-electron chi connectivity index (χ3n) is 2.27. The zero-order valence-corrected chi connectivity index (χ0v) is 12.1. The molecular weight excluding hydrogens is 262 g/mol. The molecule has 0 aliphatic carbocycles. The van der Waals surface area contributed by atoms with Crippen molar-refractivity contribution in [3.8, 4) is 0 Å². The van der Waals surface area contributed by atoms with Crippen LogP contribution < -0.4 is 0 Å². The molecule has 0 fully saturated rings. The zero-order valence-electron chi connectivity index (χ0n) is 10.6. The minimum Gasteiger partial charge on any atom is -0.301 e. The van der Waals surface area contributed by atoms with Gasteiger partial charge in [-0.1, -0.05) is 20.8 Å². The van der Waals surface area contributed by atoms with Crippen LogP contribution in [0.25, 0.3) is 0 Å². The van der Waals surface area contributed by atoms with Crippen molar-refractivity contribution in [1.82, 2.24) is 14.8 Å². The lowest BCUT2D eigenvalue weighted by Crippen LogP contribution is -2.20. The van der Waals surface area contributed by atoms with Gasteiger partial charge in [0.25, 0.3) is 0 Å². The normalized spacial score (nSPS) is 13.0. The topological polar surface area (TPSA) is 64.8 Å². The lowest BCUT2D eigenvalue weighted by molar-refractivity contribution is 0.494. The summed E-state index contributed by atoms with van der Waals surface area (Å²) in [6.07, 6.45) is 1.74. The third kappa shape index (κ3) is 4.27. The molecule has 98 valence electrons. The van der Waals surface area contributed by atoms with Gasteiger partial charge in [0.05, 0.1) is 5.75 Å². The number of rotatable bonds is 4. The Labute approximate surface area is 107 Å². The fourth-order valence-electron chi connectivity index (χ4n) is 1.52. The van der Waals surface area contributed by atoms with Crippen LogP contribution in [0.2, 0.25) is 5.28 Å². The number of sulfone groups is 1. The fraction of sp³-hybridized carbons (Fsp3) is 0.800. The van der Waals surface area contributed by atoms with Gasteiger partial charge in [0.1, 0.15) is 15.7 Å². The van der Waals surface area contributed by atoms with Crippen LogP contribution in [0, 0.1) is 0 Å². The Morgan fingerprint density at radius 1 is 1.29 bits per heavy atom. The van der Waals surface area contributed by atoms with E-state index >= 15 is 0 Å².